The van der Waals surface area contributed by atoms with E-state index in [1.807, 2.05) is 0 Å². The number of hydrogen-bond acceptors (Lipinski definition) is 6. The highest BCUT2D eigenvalue weighted by Crippen LogP contribution is 2.32. The first kappa shape index (κ1) is 17.0. The topological polar surface area (TPSA) is 70.6 Å². The van der Waals surface area contributed by atoms with Crippen LogP contribution in [0.3, 0.4) is 0 Å². The van der Waals surface area contributed by atoms with E-state index >= 15 is 0 Å². The normalized spacial score (nSPS) is 23.4. The Morgan fingerprint density at radius 1 is 1.43 bits per heavy atom. The summed E-state index contributed by atoms with van der Waals surface area (Å²) in [6, 6.07) is 0. The Hall–Kier alpha value is -0.860. The molecule has 1 unspecified atom stereocenters. The van der Waals surface area contributed by atoms with Gasteiger partial charge in [0.1, 0.15) is 4.88 Å². The third-order valence-electron chi connectivity index (χ3n) is 4.35. The molecule has 3 rings (SSSR count). The summed E-state index contributed by atoms with van der Waals surface area (Å²) >= 11 is 7.48. The molecule has 128 valence electrons. The Balaban J connectivity index is 1.67. The third kappa shape index (κ3) is 3.80. The monoisotopic (exact) mass is 377 g/mol. The molecule has 23 heavy (non-hydrogen) atoms. The van der Waals surface area contributed by atoms with Crippen molar-refractivity contribution in [3.8, 4) is 0 Å². The predicted molar refractivity (Wildman–Crippen MR) is 92.3 cm³/mol. The van der Waals surface area contributed by atoms with Gasteiger partial charge in [0.15, 0.2) is 20.1 Å². The highest BCUT2D eigenvalue weighted by atomic mass is 35.5. The Morgan fingerprint density at radius 3 is 2.74 bits per heavy atom. The molecule has 0 aliphatic carbocycles. The molecule has 1 amide bonds. The van der Waals surface area contributed by atoms with Crippen molar-refractivity contribution < 1.29 is 13.2 Å². The molecule has 1 atom stereocenters. The van der Waals surface area contributed by atoms with Gasteiger partial charge in [-0.3, -0.25) is 4.79 Å². The molecule has 2 aliphatic heterocycles. The lowest BCUT2D eigenvalue weighted by atomic mass is 10.1. The van der Waals surface area contributed by atoms with Crippen molar-refractivity contribution in [1.82, 2.24) is 9.88 Å². The lowest BCUT2D eigenvalue weighted by Gasteiger charge is -2.19. The number of thiazole rings is 1. The molecule has 0 aromatic carbocycles. The fourth-order valence-corrected chi connectivity index (χ4v) is 6.31. The van der Waals surface area contributed by atoms with E-state index in [4.69, 9.17) is 11.6 Å². The van der Waals surface area contributed by atoms with E-state index in [1.54, 1.807) is 11.9 Å². The predicted octanol–water partition coefficient (Wildman–Crippen LogP) is 1.90. The Morgan fingerprint density at radius 2 is 2.13 bits per heavy atom. The van der Waals surface area contributed by atoms with Crippen LogP contribution in [0.2, 0.25) is 5.15 Å². The average Bonchev–Trinajstić information content (AvgIpc) is 3.18. The molecule has 1 aromatic heterocycles. The van der Waals surface area contributed by atoms with E-state index in [0.717, 1.165) is 31.1 Å². The van der Waals surface area contributed by atoms with Gasteiger partial charge in [-0.2, -0.15) is 0 Å². The summed E-state index contributed by atoms with van der Waals surface area (Å²) in [7, 11) is -1.23. The summed E-state index contributed by atoms with van der Waals surface area (Å²) in [6.07, 6.45) is 2.89. The van der Waals surface area contributed by atoms with Gasteiger partial charge in [0.2, 0.25) is 0 Å². The molecule has 0 N–H and O–H groups in total. The molecule has 2 fully saturated rings. The van der Waals surface area contributed by atoms with E-state index in [2.05, 4.69) is 9.88 Å². The molecule has 0 bridgehead atoms. The van der Waals surface area contributed by atoms with Crippen molar-refractivity contribution >= 4 is 43.8 Å². The van der Waals surface area contributed by atoms with Crippen molar-refractivity contribution in [3.05, 3.63) is 10.0 Å². The van der Waals surface area contributed by atoms with Crippen LogP contribution in [0, 0.1) is 5.92 Å². The summed E-state index contributed by atoms with van der Waals surface area (Å²) in [6.45, 7) is 2.34. The van der Waals surface area contributed by atoms with Crippen LogP contribution in [-0.4, -0.2) is 62.4 Å². The number of rotatable bonds is 4. The number of aromatic nitrogens is 1. The van der Waals surface area contributed by atoms with Crippen molar-refractivity contribution in [2.75, 3.05) is 43.1 Å². The maximum absolute atomic E-state index is 12.6. The van der Waals surface area contributed by atoms with Crippen LogP contribution in [0.4, 0.5) is 5.13 Å². The molecule has 3 heterocycles. The first-order valence-electron chi connectivity index (χ1n) is 7.73. The molecule has 9 heteroatoms. The summed E-state index contributed by atoms with van der Waals surface area (Å²) in [4.78, 5) is 21.1. The zero-order chi connectivity index (χ0) is 16.6. The van der Waals surface area contributed by atoms with Gasteiger partial charge in [-0.15, -0.1) is 0 Å². The maximum Gasteiger partial charge on any atom is 0.266 e. The quantitative estimate of drug-likeness (QED) is 0.801. The lowest BCUT2D eigenvalue weighted by molar-refractivity contribution is 0.0782. The Kier molecular flexibility index (Phi) is 4.85. The van der Waals surface area contributed by atoms with Gasteiger partial charge in [0, 0.05) is 26.7 Å². The molecule has 0 radical (unpaired) electrons. The van der Waals surface area contributed by atoms with E-state index in [1.165, 1.54) is 11.3 Å². The van der Waals surface area contributed by atoms with Crippen molar-refractivity contribution in [1.29, 1.82) is 0 Å². The number of hydrogen-bond donors (Lipinski definition) is 0. The third-order valence-corrected chi connectivity index (χ3v) is 7.68. The fourth-order valence-electron chi connectivity index (χ4n) is 3.13. The lowest BCUT2D eigenvalue weighted by Crippen LogP contribution is -2.32. The van der Waals surface area contributed by atoms with E-state index in [-0.39, 0.29) is 28.5 Å². The second kappa shape index (κ2) is 6.57. The molecular formula is C14H20ClN3O3S2. The van der Waals surface area contributed by atoms with Gasteiger partial charge in [0.25, 0.3) is 5.91 Å². The van der Waals surface area contributed by atoms with Gasteiger partial charge in [-0.1, -0.05) is 22.9 Å². The summed E-state index contributed by atoms with van der Waals surface area (Å²) in [5.41, 5.74) is 0. The summed E-state index contributed by atoms with van der Waals surface area (Å²) < 4.78 is 23.1. The number of halogens is 1. The highest BCUT2D eigenvalue weighted by Gasteiger charge is 2.31. The standard InChI is InChI=1S/C14H20ClN3O3S2/c1-17(8-10-4-7-23(20,21)9-10)13(19)11-12(15)16-14(22-11)18-5-2-3-6-18/h10H,2-9H2,1H3. The van der Waals surface area contributed by atoms with Crippen LogP contribution in [0.1, 0.15) is 28.9 Å². The van der Waals surface area contributed by atoms with Crippen LogP contribution in [-0.2, 0) is 9.84 Å². The van der Waals surface area contributed by atoms with Crippen LogP contribution >= 0.6 is 22.9 Å². The van der Waals surface area contributed by atoms with Crippen LogP contribution in [0.25, 0.3) is 0 Å². The van der Waals surface area contributed by atoms with Crippen LogP contribution in [0.15, 0.2) is 0 Å². The molecule has 1 aromatic rings. The van der Waals surface area contributed by atoms with Gasteiger partial charge in [0.05, 0.1) is 11.5 Å². The number of carbonyl (C=O) groups is 1. The largest absolute Gasteiger partial charge is 0.348 e. The number of anilines is 1. The smallest absolute Gasteiger partial charge is 0.266 e. The van der Waals surface area contributed by atoms with E-state index in [9.17, 15) is 13.2 Å². The fraction of sp³-hybridized carbons (Fsp3) is 0.714. The number of sulfone groups is 1. The summed E-state index contributed by atoms with van der Waals surface area (Å²) in [5.74, 6) is 0.223. The van der Waals surface area contributed by atoms with E-state index < -0.39 is 9.84 Å². The van der Waals surface area contributed by atoms with E-state index in [0.29, 0.717) is 17.8 Å². The van der Waals surface area contributed by atoms with Gasteiger partial charge in [-0.25, -0.2) is 13.4 Å². The first-order valence-corrected chi connectivity index (χ1v) is 10.7. The molecule has 2 saturated heterocycles. The molecule has 0 spiro atoms. The number of carbonyl (C=O) groups excluding carboxylic acids is 1. The second-order valence-electron chi connectivity index (χ2n) is 6.27. The van der Waals surface area contributed by atoms with Crippen molar-refractivity contribution in [3.63, 3.8) is 0 Å². The van der Waals surface area contributed by atoms with Gasteiger partial charge < -0.3 is 9.80 Å². The highest BCUT2D eigenvalue weighted by molar-refractivity contribution is 7.91. The summed E-state index contributed by atoms with van der Waals surface area (Å²) in [5, 5.41) is 1.04. The number of amides is 1. The van der Waals surface area contributed by atoms with Crippen molar-refractivity contribution in [2.24, 2.45) is 5.92 Å². The number of nitrogens with zero attached hydrogens (tertiary/aromatic N) is 3. The Labute approximate surface area is 145 Å². The zero-order valence-corrected chi connectivity index (χ0v) is 15.4. The second-order valence-corrected chi connectivity index (χ2v) is 9.83. The molecule has 0 saturated carbocycles. The minimum atomic E-state index is -2.93. The van der Waals surface area contributed by atoms with Gasteiger partial charge in [-0.05, 0) is 25.2 Å². The van der Waals surface area contributed by atoms with Crippen LogP contribution in [0.5, 0.6) is 0 Å². The van der Waals surface area contributed by atoms with Crippen LogP contribution < -0.4 is 4.90 Å². The minimum absolute atomic E-state index is 0.0127. The average molecular weight is 378 g/mol. The Bertz CT molecular complexity index is 698. The maximum atomic E-state index is 12.6. The minimum Gasteiger partial charge on any atom is -0.348 e. The molecule has 2 aliphatic rings. The molecule has 6 nitrogen and oxygen atoms in total. The SMILES string of the molecule is CN(CC1CCS(=O)(=O)C1)C(=O)c1sc(N2CCCC2)nc1Cl. The first-order chi connectivity index (χ1) is 10.9. The zero-order valence-electron chi connectivity index (χ0n) is 13.0. The van der Waals surface area contributed by atoms with Gasteiger partial charge >= 0.3 is 0 Å². The van der Waals surface area contributed by atoms with Crippen molar-refractivity contribution in [2.45, 2.75) is 19.3 Å². The molecular weight excluding hydrogens is 358 g/mol.